The summed E-state index contributed by atoms with van der Waals surface area (Å²) in [5.74, 6) is -1.31. The number of aromatic nitrogens is 1. The van der Waals surface area contributed by atoms with Crippen molar-refractivity contribution >= 4 is 11.6 Å². The fourth-order valence-corrected chi connectivity index (χ4v) is 1.70. The summed E-state index contributed by atoms with van der Waals surface area (Å²) in [4.78, 5) is 23.4. The number of rotatable bonds is 2. The zero-order chi connectivity index (χ0) is 16.5. The van der Waals surface area contributed by atoms with Gasteiger partial charge in [-0.1, -0.05) is 0 Å². The van der Waals surface area contributed by atoms with Crippen LogP contribution in [0, 0.1) is 0 Å². The number of anilines is 1. The molecule has 5 nitrogen and oxygen atoms in total. The van der Waals surface area contributed by atoms with Crippen molar-refractivity contribution in [3.63, 3.8) is 0 Å². The maximum atomic E-state index is 12.6. The molecular formula is C14H11F3N2O3. The van der Waals surface area contributed by atoms with Gasteiger partial charge in [0.15, 0.2) is 0 Å². The standard InChI is InChI=1S/C14H11F3N2O3/c1-19-5-4-8(6-12(19)21)13(22)18-10-7-9(14(15,16)17)2-3-11(10)20/h2-7,20H,1H3,(H,18,22). The normalized spacial score (nSPS) is 11.3. The second-order valence-corrected chi connectivity index (χ2v) is 4.55. The Labute approximate surface area is 122 Å². The van der Waals surface area contributed by atoms with Crippen molar-refractivity contribution in [3.05, 3.63) is 58.0 Å². The molecule has 0 saturated carbocycles. The molecule has 1 heterocycles. The molecule has 2 N–H and O–H groups in total. The molecule has 0 bridgehead atoms. The highest BCUT2D eigenvalue weighted by molar-refractivity contribution is 6.04. The number of aromatic hydroxyl groups is 1. The van der Waals surface area contributed by atoms with E-state index in [4.69, 9.17) is 0 Å². The molecule has 1 amide bonds. The first-order chi connectivity index (χ1) is 10.2. The number of nitrogens with one attached hydrogen (secondary N) is 1. The van der Waals surface area contributed by atoms with Gasteiger partial charge in [-0.2, -0.15) is 13.2 Å². The predicted molar refractivity (Wildman–Crippen MR) is 72.7 cm³/mol. The number of phenolic OH excluding ortho intramolecular Hbond substituents is 1. The molecule has 0 unspecified atom stereocenters. The highest BCUT2D eigenvalue weighted by atomic mass is 19.4. The number of hydrogen-bond donors (Lipinski definition) is 2. The van der Waals surface area contributed by atoms with Crippen LogP contribution in [0.3, 0.4) is 0 Å². The molecule has 2 rings (SSSR count). The Morgan fingerprint density at radius 3 is 2.50 bits per heavy atom. The van der Waals surface area contributed by atoms with Crippen LogP contribution < -0.4 is 10.9 Å². The molecule has 116 valence electrons. The van der Waals surface area contributed by atoms with E-state index in [1.54, 1.807) is 0 Å². The molecule has 22 heavy (non-hydrogen) atoms. The first-order valence-corrected chi connectivity index (χ1v) is 6.07. The molecule has 2 aromatic rings. The predicted octanol–water partition coefficient (Wildman–Crippen LogP) is 2.36. The zero-order valence-electron chi connectivity index (χ0n) is 11.3. The van der Waals surface area contributed by atoms with Gasteiger partial charge in [-0.15, -0.1) is 0 Å². The molecule has 0 radical (unpaired) electrons. The minimum Gasteiger partial charge on any atom is -0.506 e. The van der Waals surface area contributed by atoms with Crippen LogP contribution in [-0.2, 0) is 13.2 Å². The summed E-state index contributed by atoms with van der Waals surface area (Å²) in [7, 11) is 1.49. The molecule has 0 spiro atoms. The van der Waals surface area contributed by atoms with E-state index in [9.17, 15) is 27.9 Å². The number of aryl methyl sites for hydroxylation is 1. The highest BCUT2D eigenvalue weighted by Crippen LogP contribution is 2.34. The molecular weight excluding hydrogens is 301 g/mol. The van der Waals surface area contributed by atoms with E-state index in [-0.39, 0.29) is 11.3 Å². The Morgan fingerprint density at radius 2 is 1.91 bits per heavy atom. The molecule has 0 atom stereocenters. The Kier molecular flexibility index (Phi) is 3.94. The van der Waals surface area contributed by atoms with Gasteiger partial charge in [0.05, 0.1) is 11.3 Å². The van der Waals surface area contributed by atoms with Crippen LogP contribution in [0.25, 0.3) is 0 Å². The molecule has 1 aromatic carbocycles. The second kappa shape index (κ2) is 5.55. The van der Waals surface area contributed by atoms with Crippen molar-refractivity contribution in [1.29, 1.82) is 0 Å². The van der Waals surface area contributed by atoms with Crippen LogP contribution in [0.15, 0.2) is 41.3 Å². The van der Waals surface area contributed by atoms with Crippen molar-refractivity contribution in [2.24, 2.45) is 7.05 Å². The lowest BCUT2D eigenvalue weighted by Crippen LogP contribution is -2.20. The fourth-order valence-electron chi connectivity index (χ4n) is 1.70. The summed E-state index contributed by atoms with van der Waals surface area (Å²) in [6.45, 7) is 0. The van der Waals surface area contributed by atoms with Crippen LogP contribution in [0.5, 0.6) is 5.75 Å². The third-order valence-electron chi connectivity index (χ3n) is 2.94. The molecule has 1 aromatic heterocycles. The average molecular weight is 312 g/mol. The summed E-state index contributed by atoms with van der Waals surface area (Å²) in [6, 6.07) is 4.53. The SMILES string of the molecule is Cn1ccc(C(=O)Nc2cc(C(F)(F)F)ccc2O)cc1=O. The van der Waals surface area contributed by atoms with Crippen LogP contribution in [-0.4, -0.2) is 15.6 Å². The van der Waals surface area contributed by atoms with Gasteiger partial charge in [0.25, 0.3) is 11.5 Å². The summed E-state index contributed by atoms with van der Waals surface area (Å²) in [5, 5.41) is 11.7. The smallest absolute Gasteiger partial charge is 0.416 e. The number of benzene rings is 1. The van der Waals surface area contributed by atoms with E-state index in [0.717, 1.165) is 12.1 Å². The molecule has 8 heteroatoms. The lowest BCUT2D eigenvalue weighted by atomic mass is 10.1. The highest BCUT2D eigenvalue weighted by Gasteiger charge is 2.31. The minimum atomic E-state index is -4.60. The van der Waals surface area contributed by atoms with E-state index >= 15 is 0 Å². The van der Waals surface area contributed by atoms with Crippen molar-refractivity contribution in [2.75, 3.05) is 5.32 Å². The molecule has 0 aliphatic heterocycles. The van der Waals surface area contributed by atoms with Gasteiger partial charge >= 0.3 is 6.18 Å². The number of alkyl halides is 3. The monoisotopic (exact) mass is 312 g/mol. The van der Waals surface area contributed by atoms with Crippen LogP contribution in [0.2, 0.25) is 0 Å². The van der Waals surface area contributed by atoms with Crippen molar-refractivity contribution < 1.29 is 23.1 Å². The van der Waals surface area contributed by atoms with Crippen LogP contribution >= 0.6 is 0 Å². The van der Waals surface area contributed by atoms with Gasteiger partial charge in [0, 0.05) is 24.9 Å². The van der Waals surface area contributed by atoms with E-state index in [0.29, 0.717) is 12.1 Å². The Balaban J connectivity index is 2.31. The molecule has 0 aliphatic carbocycles. The Bertz CT molecular complexity index is 782. The number of halogens is 3. The number of phenols is 1. The summed E-state index contributed by atoms with van der Waals surface area (Å²) in [5.41, 5.74) is -1.87. The maximum absolute atomic E-state index is 12.6. The third-order valence-corrected chi connectivity index (χ3v) is 2.94. The summed E-state index contributed by atoms with van der Waals surface area (Å²) < 4.78 is 39.1. The van der Waals surface area contributed by atoms with Gasteiger partial charge in [0.2, 0.25) is 0 Å². The topological polar surface area (TPSA) is 71.3 Å². The number of hydrogen-bond acceptors (Lipinski definition) is 3. The Morgan fingerprint density at radius 1 is 1.23 bits per heavy atom. The molecule has 0 saturated heterocycles. The Hall–Kier alpha value is -2.77. The third kappa shape index (κ3) is 3.27. The zero-order valence-corrected chi connectivity index (χ0v) is 11.3. The van der Waals surface area contributed by atoms with E-state index in [1.165, 1.54) is 23.9 Å². The van der Waals surface area contributed by atoms with Crippen molar-refractivity contribution in [3.8, 4) is 5.75 Å². The van der Waals surface area contributed by atoms with Gasteiger partial charge in [-0.05, 0) is 24.3 Å². The average Bonchev–Trinajstić information content (AvgIpc) is 2.43. The lowest BCUT2D eigenvalue weighted by molar-refractivity contribution is -0.137. The summed E-state index contributed by atoms with van der Waals surface area (Å²) >= 11 is 0. The number of nitrogens with zero attached hydrogens (tertiary/aromatic N) is 1. The van der Waals surface area contributed by atoms with Gasteiger partial charge < -0.3 is 15.0 Å². The first-order valence-electron chi connectivity index (χ1n) is 6.07. The van der Waals surface area contributed by atoms with Crippen molar-refractivity contribution in [2.45, 2.75) is 6.18 Å². The van der Waals surface area contributed by atoms with E-state index in [1.807, 2.05) is 0 Å². The number of amides is 1. The largest absolute Gasteiger partial charge is 0.506 e. The fraction of sp³-hybridized carbons (Fsp3) is 0.143. The van der Waals surface area contributed by atoms with Gasteiger partial charge in [0.1, 0.15) is 5.75 Å². The lowest BCUT2D eigenvalue weighted by Gasteiger charge is -2.11. The van der Waals surface area contributed by atoms with Crippen LogP contribution in [0.1, 0.15) is 15.9 Å². The van der Waals surface area contributed by atoms with Crippen molar-refractivity contribution in [1.82, 2.24) is 4.57 Å². The van der Waals surface area contributed by atoms with E-state index < -0.39 is 29.0 Å². The number of carbonyl (C=O) groups excluding carboxylic acids is 1. The van der Waals surface area contributed by atoms with E-state index in [2.05, 4.69) is 5.32 Å². The second-order valence-electron chi connectivity index (χ2n) is 4.55. The van der Waals surface area contributed by atoms with Crippen LogP contribution in [0.4, 0.5) is 18.9 Å². The maximum Gasteiger partial charge on any atom is 0.416 e. The number of carbonyl (C=O) groups is 1. The first kappa shape index (κ1) is 15.6. The van der Waals surface area contributed by atoms with Gasteiger partial charge in [-0.25, -0.2) is 0 Å². The summed E-state index contributed by atoms with van der Waals surface area (Å²) in [6.07, 6.45) is -3.25. The quantitative estimate of drug-likeness (QED) is 0.836. The van der Waals surface area contributed by atoms with Gasteiger partial charge in [-0.3, -0.25) is 9.59 Å². The minimum absolute atomic E-state index is 0.0279. The number of pyridine rings is 1. The molecule has 0 fully saturated rings. The molecule has 0 aliphatic rings.